The van der Waals surface area contributed by atoms with Crippen molar-refractivity contribution in [1.29, 1.82) is 0 Å². The molecule has 0 fully saturated rings. The Kier molecular flexibility index (Phi) is 22.6. The third kappa shape index (κ3) is 18.5. The van der Waals surface area contributed by atoms with Crippen molar-refractivity contribution in [3.8, 4) is 18.1 Å². The van der Waals surface area contributed by atoms with Gasteiger partial charge in [-0.2, -0.15) is 19.3 Å². The summed E-state index contributed by atoms with van der Waals surface area (Å²) in [7, 11) is -2.46. The maximum Gasteiger partial charge on any atom is 0.339 e. The van der Waals surface area contributed by atoms with E-state index in [1.807, 2.05) is 58.2 Å². The Hall–Kier alpha value is -5.24. The topological polar surface area (TPSA) is 259 Å². The van der Waals surface area contributed by atoms with E-state index in [0.717, 1.165) is 48.6 Å². The number of methoxy groups -OCH3 is 1. The number of anilines is 4. The van der Waals surface area contributed by atoms with Gasteiger partial charge in [-0.15, -0.1) is 18.0 Å². The average Bonchev–Trinajstić information content (AvgIpc) is 3.76. The molecule has 2 amide bonds. The summed E-state index contributed by atoms with van der Waals surface area (Å²) in [6.07, 6.45) is 6.50. The fourth-order valence-corrected chi connectivity index (χ4v) is 8.30. The molecular formula is C45H63Cl2FN11O9PS. The number of carboxylic acid groups (broad SMARTS) is 1. The van der Waals surface area contributed by atoms with Crippen LogP contribution in [-0.4, -0.2) is 120 Å². The number of halogens is 3. The van der Waals surface area contributed by atoms with Crippen LogP contribution in [-0.2, 0) is 43.1 Å². The number of benzene rings is 2. The quantitative estimate of drug-likeness (QED) is 0.0429. The zero-order valence-electron chi connectivity index (χ0n) is 41.0. The van der Waals surface area contributed by atoms with Crippen LogP contribution >= 0.6 is 42.3 Å². The minimum atomic E-state index is -4.10. The van der Waals surface area contributed by atoms with E-state index in [2.05, 4.69) is 73.0 Å². The highest BCUT2D eigenvalue weighted by molar-refractivity contribution is 7.51. The van der Waals surface area contributed by atoms with Gasteiger partial charge in [-0.3, -0.25) is 29.2 Å². The molecule has 20 nitrogen and oxygen atoms in total. The van der Waals surface area contributed by atoms with Crippen LogP contribution in [0.4, 0.5) is 33.3 Å². The monoisotopic (exact) mass is 1050 g/mol. The standard InChI is InChI=1S/C18H17FN4O2S.C15H22ClNO2.C9H16ClN5.C3H8NO5P/c1-4-5-22-13-7-12(11(19)6-14(13)25-9-16(22)24)20-17-23-10-18(2,3)8-15(23)21-26-17;1-5-13-8-6-7-11(2)15(13)17(14(18)9-16)12(3)10-19-4;1-5-11-7-12-6(10)13-8(14-7)15-9(2,3)4;5-3(6)1-4-2-10(7,8)9/h1,6-7H,5,8-10H2,2-3H3;6-8,12H,5,9-10H2,1-4H3;5H2,1-4H3,(H2,11,12,13,14,15);4H,1-2H2,(H,5,6)(H2,7,8,9)/b20-17-;;;. The molecule has 0 saturated carbocycles. The smallest absolute Gasteiger partial charge is 0.339 e. The van der Waals surface area contributed by atoms with Crippen molar-refractivity contribution in [2.45, 2.75) is 93.3 Å². The summed E-state index contributed by atoms with van der Waals surface area (Å²) >= 11 is 12.8. The summed E-state index contributed by atoms with van der Waals surface area (Å²) in [5, 5.41) is 16.4. The van der Waals surface area contributed by atoms with Gasteiger partial charge in [0.15, 0.2) is 12.4 Å². The molecule has 1 unspecified atom stereocenters. The van der Waals surface area contributed by atoms with E-state index in [0.29, 0.717) is 34.7 Å². The summed E-state index contributed by atoms with van der Waals surface area (Å²) in [4.78, 5) is 70.8. The van der Waals surface area contributed by atoms with Gasteiger partial charge in [0.1, 0.15) is 23.1 Å². The Labute approximate surface area is 421 Å². The molecule has 2 aliphatic rings. The molecule has 25 heteroatoms. The van der Waals surface area contributed by atoms with Crippen LogP contribution in [0.1, 0.15) is 72.3 Å². The van der Waals surface area contributed by atoms with Gasteiger partial charge in [-0.25, -0.2) is 9.38 Å². The molecule has 4 heterocycles. The highest BCUT2D eigenvalue weighted by Gasteiger charge is 2.32. The minimum Gasteiger partial charge on any atom is -0.481 e. The maximum absolute atomic E-state index is 14.5. The zero-order valence-corrected chi connectivity index (χ0v) is 44.2. The first-order valence-corrected chi connectivity index (χ1v) is 25.4. The summed E-state index contributed by atoms with van der Waals surface area (Å²) < 4.78 is 41.6. The van der Waals surface area contributed by atoms with Gasteiger partial charge in [0, 0.05) is 49.8 Å². The number of carboxylic acids is 1. The van der Waals surface area contributed by atoms with Crippen LogP contribution in [0, 0.1) is 30.5 Å². The molecule has 2 aromatic heterocycles. The number of hydrogen-bond acceptors (Lipinski definition) is 15. The van der Waals surface area contributed by atoms with Crippen LogP contribution in [0.15, 0.2) is 35.3 Å². The van der Waals surface area contributed by atoms with E-state index in [-0.39, 0.29) is 58.8 Å². The molecule has 0 spiro atoms. The lowest BCUT2D eigenvalue weighted by atomic mass is 9.92. The first kappa shape index (κ1) is 59.1. The Morgan fingerprint density at radius 1 is 1.19 bits per heavy atom. The van der Waals surface area contributed by atoms with E-state index in [1.54, 1.807) is 12.0 Å². The molecular weight excluding hydrogens is 992 g/mol. The lowest BCUT2D eigenvalue weighted by molar-refractivity contribution is -0.135. The van der Waals surface area contributed by atoms with E-state index in [4.69, 9.17) is 54.0 Å². The number of alkyl halides is 1. The van der Waals surface area contributed by atoms with Gasteiger partial charge >= 0.3 is 13.6 Å². The van der Waals surface area contributed by atoms with Crippen molar-refractivity contribution >= 4 is 89.1 Å². The second-order valence-corrected chi connectivity index (χ2v) is 20.6. The molecule has 0 radical (unpaired) electrons. The van der Waals surface area contributed by atoms with Crippen molar-refractivity contribution in [2.24, 2.45) is 10.4 Å². The highest BCUT2D eigenvalue weighted by atomic mass is 35.5. The first-order valence-electron chi connectivity index (χ1n) is 21.9. The number of ether oxygens (including phenoxy) is 2. The number of nitrogens with one attached hydrogen (secondary N) is 3. The number of rotatable bonds is 15. The number of para-hydroxylation sites is 1. The Balaban J connectivity index is 0.000000262. The fourth-order valence-electron chi connectivity index (χ4n) is 6.85. The predicted molar refractivity (Wildman–Crippen MR) is 271 cm³/mol. The Morgan fingerprint density at radius 2 is 1.87 bits per heavy atom. The molecule has 0 saturated heterocycles. The van der Waals surface area contributed by atoms with Crippen molar-refractivity contribution < 1.29 is 47.7 Å². The number of amides is 2. The van der Waals surface area contributed by atoms with Crippen molar-refractivity contribution in [1.82, 2.24) is 29.2 Å². The minimum absolute atomic E-state index is 0.0223. The van der Waals surface area contributed by atoms with E-state index >= 15 is 0 Å². The second kappa shape index (κ2) is 26.8. The molecule has 0 bridgehead atoms. The van der Waals surface area contributed by atoms with E-state index in [1.165, 1.54) is 28.6 Å². The van der Waals surface area contributed by atoms with Crippen LogP contribution < -0.4 is 35.3 Å². The molecule has 4 aromatic rings. The largest absolute Gasteiger partial charge is 0.481 e. The first-order chi connectivity index (χ1) is 32.8. The van der Waals surface area contributed by atoms with E-state index < -0.39 is 32.2 Å². The van der Waals surface area contributed by atoms with Crippen molar-refractivity contribution in [3.63, 3.8) is 0 Å². The van der Waals surface area contributed by atoms with Gasteiger partial charge in [0.2, 0.25) is 27.9 Å². The fraction of sp³-hybridized carbons (Fsp3) is 0.511. The number of terminal acetylenes is 1. The number of aliphatic carboxylic acids is 1. The van der Waals surface area contributed by atoms with Crippen LogP contribution in [0.3, 0.4) is 0 Å². The highest BCUT2D eigenvalue weighted by Crippen LogP contribution is 2.38. The maximum atomic E-state index is 14.5. The number of nitrogens with zero attached hydrogens (tertiary/aromatic N) is 8. The molecule has 70 heavy (non-hydrogen) atoms. The average molecular weight is 1060 g/mol. The predicted octanol–water partition coefficient (Wildman–Crippen LogP) is 6.38. The number of fused-ring (bicyclic) bond motifs is 2. The van der Waals surface area contributed by atoms with Gasteiger partial charge in [-0.05, 0) is 82.2 Å². The lowest BCUT2D eigenvalue weighted by Crippen LogP contribution is -2.43. The van der Waals surface area contributed by atoms with Gasteiger partial charge in [-0.1, -0.05) is 44.9 Å². The SMILES string of the molecule is C#CCN1C(=O)COc2cc(F)c(/N=c3\snc4n3CC(C)(C)C4)cc21.CCNc1nc(Cl)nc(NC(C)(C)C)n1.CCc1cccc(C)c1N(C(=O)CCl)C(C)COC.O=C(O)CNCP(=O)(O)O. The molecule has 2 aromatic carbocycles. The molecule has 384 valence electrons. The van der Waals surface area contributed by atoms with Crippen LogP contribution in [0.25, 0.3) is 0 Å². The zero-order chi connectivity index (χ0) is 52.6. The third-order valence-corrected chi connectivity index (χ3v) is 11.4. The molecule has 6 rings (SSSR count). The molecule has 6 N–H and O–H groups in total. The summed E-state index contributed by atoms with van der Waals surface area (Å²) in [5.74, 6) is 2.64. The van der Waals surface area contributed by atoms with Crippen LogP contribution in [0.2, 0.25) is 5.28 Å². The molecule has 1 atom stereocenters. The molecule has 2 aliphatic heterocycles. The normalized spacial score (nSPS) is 14.2. The van der Waals surface area contributed by atoms with Crippen LogP contribution in [0.5, 0.6) is 5.75 Å². The summed E-state index contributed by atoms with van der Waals surface area (Å²) in [6.45, 7) is 20.0. The lowest BCUT2D eigenvalue weighted by Gasteiger charge is -2.31. The second-order valence-electron chi connectivity index (χ2n) is 17.6. The molecule has 0 aliphatic carbocycles. The number of aryl methyl sites for hydroxylation is 2. The Morgan fingerprint density at radius 3 is 2.46 bits per heavy atom. The Bertz CT molecular complexity index is 2600. The summed E-state index contributed by atoms with van der Waals surface area (Å²) in [6, 6.07) is 8.80. The number of hydrogen-bond donors (Lipinski definition) is 6. The number of carbonyl (C=O) groups is 3. The van der Waals surface area contributed by atoms with E-state index in [9.17, 15) is 23.3 Å². The third-order valence-electron chi connectivity index (χ3n) is 9.63. The van der Waals surface area contributed by atoms with Gasteiger partial charge in [0.25, 0.3) is 5.91 Å². The van der Waals surface area contributed by atoms with Gasteiger partial charge in [0.05, 0.1) is 43.4 Å². The van der Waals surface area contributed by atoms with Gasteiger partial charge < -0.3 is 44.5 Å². The number of carbonyl (C=O) groups excluding carboxylic acids is 2. The number of aromatic nitrogens is 5. The van der Waals surface area contributed by atoms with Crippen molar-refractivity contribution in [2.75, 3.05) is 72.6 Å². The van der Waals surface area contributed by atoms with Crippen molar-refractivity contribution in [3.05, 3.63) is 63.2 Å². The summed E-state index contributed by atoms with van der Waals surface area (Å²) in [5.41, 5.74) is 3.79.